The van der Waals surface area contributed by atoms with Gasteiger partial charge in [-0.1, -0.05) is 37.8 Å². The van der Waals surface area contributed by atoms with E-state index in [1.807, 2.05) is 24.7 Å². The van der Waals surface area contributed by atoms with Crippen LogP contribution >= 0.6 is 0 Å². The Morgan fingerprint density at radius 2 is 2.33 bits per heavy atom. The minimum atomic E-state index is 1.03. The Morgan fingerprint density at radius 3 is 2.80 bits per heavy atom. The normalized spacial score (nSPS) is 12.3. The Bertz CT molecular complexity index is 395. The first-order valence-electron chi connectivity index (χ1n) is 5.19. The van der Waals surface area contributed by atoms with E-state index in [2.05, 4.69) is 36.8 Å². The summed E-state index contributed by atoms with van der Waals surface area (Å²) in [4.78, 5) is 0. The van der Waals surface area contributed by atoms with Gasteiger partial charge in [0.2, 0.25) is 0 Å². The van der Waals surface area contributed by atoms with Gasteiger partial charge >= 0.3 is 0 Å². The first kappa shape index (κ1) is 11.5. The van der Waals surface area contributed by atoms with Crippen molar-refractivity contribution < 1.29 is 0 Å². The molecule has 0 saturated carbocycles. The topological polar surface area (TPSA) is 17.8 Å². The molecular weight excluding hydrogens is 184 g/mol. The summed E-state index contributed by atoms with van der Waals surface area (Å²) in [5.41, 5.74) is 3.31. The van der Waals surface area contributed by atoms with Crippen molar-refractivity contribution in [3.05, 3.63) is 48.3 Å². The molecule has 1 heterocycles. The molecule has 0 aromatic carbocycles. The molecule has 2 nitrogen and oxygen atoms in total. The molecule has 0 aliphatic heterocycles. The second-order valence-corrected chi connectivity index (χ2v) is 3.46. The van der Waals surface area contributed by atoms with Crippen LogP contribution in [-0.4, -0.2) is 9.78 Å². The molecule has 0 amide bonds. The van der Waals surface area contributed by atoms with Gasteiger partial charge in [-0.3, -0.25) is 4.68 Å². The molecule has 0 atom stereocenters. The molecular formula is C13H18N2. The van der Waals surface area contributed by atoms with Gasteiger partial charge in [0.15, 0.2) is 0 Å². The maximum atomic E-state index is 4.33. The third kappa shape index (κ3) is 2.94. The van der Waals surface area contributed by atoms with Gasteiger partial charge in [0, 0.05) is 7.05 Å². The van der Waals surface area contributed by atoms with Crippen LogP contribution in [0.5, 0.6) is 0 Å². The van der Waals surface area contributed by atoms with Crippen molar-refractivity contribution in [2.45, 2.75) is 20.3 Å². The van der Waals surface area contributed by atoms with Crippen molar-refractivity contribution in [1.82, 2.24) is 9.78 Å². The number of hydrogen-bond acceptors (Lipinski definition) is 1. The maximum absolute atomic E-state index is 4.33. The second kappa shape index (κ2) is 5.35. The lowest BCUT2D eigenvalue weighted by atomic mass is 10.1. The summed E-state index contributed by atoms with van der Waals surface area (Å²) in [6.07, 6.45) is 9.08. The number of aromatic nitrogens is 2. The second-order valence-electron chi connectivity index (χ2n) is 3.46. The van der Waals surface area contributed by atoms with Gasteiger partial charge in [0.05, 0.1) is 11.4 Å². The monoisotopic (exact) mass is 202 g/mol. The zero-order chi connectivity index (χ0) is 11.3. The zero-order valence-corrected chi connectivity index (χ0v) is 9.70. The van der Waals surface area contributed by atoms with Gasteiger partial charge in [-0.2, -0.15) is 5.10 Å². The summed E-state index contributed by atoms with van der Waals surface area (Å²) >= 11 is 0. The van der Waals surface area contributed by atoms with Crippen LogP contribution in [0, 0.1) is 6.92 Å². The molecule has 0 unspecified atom stereocenters. The molecule has 1 aromatic rings. The van der Waals surface area contributed by atoms with Gasteiger partial charge in [-0.25, -0.2) is 0 Å². The van der Waals surface area contributed by atoms with Gasteiger partial charge in [-0.15, -0.1) is 0 Å². The lowest BCUT2D eigenvalue weighted by Gasteiger charge is -2.01. The van der Waals surface area contributed by atoms with E-state index in [-0.39, 0.29) is 0 Å². The molecule has 0 aliphatic carbocycles. The largest absolute Gasteiger partial charge is 0.268 e. The lowest BCUT2D eigenvalue weighted by Crippen LogP contribution is -1.96. The summed E-state index contributed by atoms with van der Waals surface area (Å²) in [6.45, 7) is 7.85. The Balaban J connectivity index is 3.09. The summed E-state index contributed by atoms with van der Waals surface area (Å²) < 4.78 is 1.89. The van der Waals surface area contributed by atoms with E-state index in [4.69, 9.17) is 0 Å². The van der Waals surface area contributed by atoms with Crippen molar-refractivity contribution >= 4 is 5.57 Å². The summed E-state index contributed by atoms with van der Waals surface area (Å²) in [5.74, 6) is 0. The average molecular weight is 202 g/mol. The molecule has 0 aliphatic rings. The fourth-order valence-corrected chi connectivity index (χ4v) is 1.48. The first-order chi connectivity index (χ1) is 7.19. The summed E-state index contributed by atoms with van der Waals surface area (Å²) in [5, 5.41) is 4.33. The fraction of sp³-hybridized carbons (Fsp3) is 0.308. The van der Waals surface area contributed by atoms with E-state index >= 15 is 0 Å². The maximum Gasteiger partial charge on any atom is 0.0681 e. The third-order valence-electron chi connectivity index (χ3n) is 2.13. The highest BCUT2D eigenvalue weighted by atomic mass is 15.3. The van der Waals surface area contributed by atoms with Crippen molar-refractivity contribution in [1.29, 1.82) is 0 Å². The van der Waals surface area contributed by atoms with Crippen molar-refractivity contribution in [3.63, 3.8) is 0 Å². The molecule has 1 aromatic heterocycles. The van der Waals surface area contributed by atoms with Gasteiger partial charge in [0.25, 0.3) is 0 Å². The number of hydrogen-bond donors (Lipinski definition) is 0. The van der Waals surface area contributed by atoms with Crippen molar-refractivity contribution in [3.8, 4) is 0 Å². The van der Waals surface area contributed by atoms with Crippen LogP contribution < -0.4 is 0 Å². The number of aryl methyl sites for hydroxylation is 2. The number of nitrogens with zero attached hydrogens (tertiary/aromatic N) is 2. The highest BCUT2D eigenvalue weighted by molar-refractivity contribution is 5.73. The van der Waals surface area contributed by atoms with E-state index in [1.165, 1.54) is 0 Å². The predicted octanol–water partition coefficient (Wildman–Crippen LogP) is 3.26. The molecule has 0 fully saturated rings. The fourth-order valence-electron chi connectivity index (χ4n) is 1.48. The minimum Gasteiger partial charge on any atom is -0.268 e. The SMILES string of the molecule is C=C/C=C(\C=C/CC)c1cc(C)nn1C. The molecule has 0 radical (unpaired) electrons. The predicted molar refractivity (Wildman–Crippen MR) is 65.6 cm³/mol. The van der Waals surface area contributed by atoms with Crippen molar-refractivity contribution in [2.75, 3.05) is 0 Å². The van der Waals surface area contributed by atoms with Crippen LogP contribution in [0.25, 0.3) is 5.57 Å². The average Bonchev–Trinajstić information content (AvgIpc) is 2.52. The minimum absolute atomic E-state index is 1.03. The first-order valence-corrected chi connectivity index (χ1v) is 5.19. The molecule has 80 valence electrons. The Morgan fingerprint density at radius 1 is 1.60 bits per heavy atom. The molecule has 1 rings (SSSR count). The Hall–Kier alpha value is -1.57. The number of rotatable bonds is 4. The van der Waals surface area contributed by atoms with Crippen LogP contribution in [0.1, 0.15) is 24.7 Å². The van der Waals surface area contributed by atoms with Gasteiger partial charge < -0.3 is 0 Å². The number of allylic oxidation sites excluding steroid dienone is 5. The third-order valence-corrected chi connectivity index (χ3v) is 2.13. The quantitative estimate of drug-likeness (QED) is 0.685. The molecule has 15 heavy (non-hydrogen) atoms. The van der Waals surface area contributed by atoms with Gasteiger partial charge in [0.1, 0.15) is 0 Å². The highest BCUT2D eigenvalue weighted by Crippen LogP contribution is 2.16. The smallest absolute Gasteiger partial charge is 0.0681 e. The Labute approximate surface area is 91.6 Å². The van der Waals surface area contributed by atoms with Crippen LogP contribution in [0.3, 0.4) is 0 Å². The molecule has 0 spiro atoms. The van der Waals surface area contributed by atoms with E-state index in [1.54, 1.807) is 6.08 Å². The van der Waals surface area contributed by atoms with Gasteiger partial charge in [-0.05, 0) is 25.0 Å². The standard InChI is InChI=1S/C13H18N2/c1-5-7-9-12(8-6-2)13-10-11(3)14-15(13)4/h6-10H,2,5H2,1,3-4H3/b9-7-,12-8+. The lowest BCUT2D eigenvalue weighted by molar-refractivity contribution is 0.747. The van der Waals surface area contributed by atoms with Crippen LogP contribution in [-0.2, 0) is 7.05 Å². The summed E-state index contributed by atoms with van der Waals surface area (Å²) in [7, 11) is 1.96. The summed E-state index contributed by atoms with van der Waals surface area (Å²) in [6, 6.07) is 2.08. The van der Waals surface area contributed by atoms with Crippen LogP contribution in [0.15, 0.2) is 36.9 Å². The molecule has 0 bridgehead atoms. The van der Waals surface area contributed by atoms with E-state index in [0.717, 1.165) is 23.4 Å². The van der Waals surface area contributed by atoms with Crippen LogP contribution in [0.2, 0.25) is 0 Å². The van der Waals surface area contributed by atoms with E-state index in [9.17, 15) is 0 Å². The molecule has 0 N–H and O–H groups in total. The Kier molecular flexibility index (Phi) is 4.10. The van der Waals surface area contributed by atoms with Crippen LogP contribution in [0.4, 0.5) is 0 Å². The molecule has 0 saturated heterocycles. The van der Waals surface area contributed by atoms with Crippen molar-refractivity contribution in [2.24, 2.45) is 7.05 Å². The zero-order valence-electron chi connectivity index (χ0n) is 9.70. The van der Waals surface area contributed by atoms with E-state index < -0.39 is 0 Å². The molecule has 2 heteroatoms. The highest BCUT2D eigenvalue weighted by Gasteiger charge is 2.04. The van der Waals surface area contributed by atoms with E-state index in [0.29, 0.717) is 0 Å².